The van der Waals surface area contributed by atoms with Crippen molar-refractivity contribution in [3.05, 3.63) is 0 Å². The van der Waals surface area contributed by atoms with Crippen LogP contribution in [0.15, 0.2) is 0 Å². The van der Waals surface area contributed by atoms with Gasteiger partial charge in [0.2, 0.25) is 0 Å². The van der Waals surface area contributed by atoms with Crippen molar-refractivity contribution in [3.63, 3.8) is 0 Å². The van der Waals surface area contributed by atoms with Gasteiger partial charge < -0.3 is 19.7 Å². The number of hydrogen-bond donors (Lipinski definition) is 1. The Kier molecular flexibility index (Phi) is 8.62. The maximum absolute atomic E-state index is 5.97. The van der Waals surface area contributed by atoms with Crippen molar-refractivity contribution in [2.24, 2.45) is 5.92 Å². The van der Waals surface area contributed by atoms with Crippen LogP contribution in [0.5, 0.6) is 0 Å². The van der Waals surface area contributed by atoms with E-state index in [1.165, 1.54) is 0 Å². The van der Waals surface area contributed by atoms with Gasteiger partial charge in [-0.1, -0.05) is 13.8 Å². The Hall–Kier alpha value is -0.160. The lowest BCUT2D eigenvalue weighted by Gasteiger charge is -2.16. The van der Waals surface area contributed by atoms with Crippen LogP contribution in [0.25, 0.3) is 0 Å². The summed E-state index contributed by atoms with van der Waals surface area (Å²) in [4.78, 5) is 2.19. The van der Waals surface area contributed by atoms with Gasteiger partial charge in [-0.15, -0.1) is 0 Å². The first-order chi connectivity index (χ1) is 9.08. The second-order valence-electron chi connectivity index (χ2n) is 6.24. The molecule has 1 fully saturated rings. The number of rotatable bonds is 10. The third-order valence-electron chi connectivity index (χ3n) is 3.32. The van der Waals surface area contributed by atoms with Crippen molar-refractivity contribution in [1.82, 2.24) is 10.2 Å². The van der Waals surface area contributed by atoms with Crippen molar-refractivity contribution >= 4 is 0 Å². The fourth-order valence-corrected chi connectivity index (χ4v) is 2.28. The number of hydrogen-bond acceptors (Lipinski definition) is 4. The third-order valence-corrected chi connectivity index (χ3v) is 3.32. The molecule has 0 amide bonds. The minimum absolute atomic E-state index is 0.310. The predicted molar refractivity (Wildman–Crippen MR) is 79.6 cm³/mol. The minimum atomic E-state index is 0.310. The van der Waals surface area contributed by atoms with Gasteiger partial charge in [0.05, 0.1) is 18.8 Å². The van der Waals surface area contributed by atoms with E-state index < -0.39 is 0 Å². The molecule has 1 rings (SSSR count). The molecule has 0 bridgehead atoms. The van der Waals surface area contributed by atoms with Gasteiger partial charge in [0.25, 0.3) is 0 Å². The molecule has 2 atom stereocenters. The second-order valence-corrected chi connectivity index (χ2v) is 6.24. The summed E-state index contributed by atoms with van der Waals surface area (Å²) in [6.07, 6.45) is 4.09. The van der Waals surface area contributed by atoms with Gasteiger partial charge in [0.1, 0.15) is 0 Å². The van der Waals surface area contributed by atoms with Crippen LogP contribution in [-0.4, -0.2) is 64.1 Å². The zero-order valence-electron chi connectivity index (χ0n) is 13.2. The van der Waals surface area contributed by atoms with Gasteiger partial charge in [-0.3, -0.25) is 0 Å². The molecule has 0 saturated carbocycles. The quantitative estimate of drug-likeness (QED) is 0.614. The summed E-state index contributed by atoms with van der Waals surface area (Å²) < 4.78 is 11.7. The van der Waals surface area contributed by atoms with Crippen LogP contribution >= 0.6 is 0 Å². The van der Waals surface area contributed by atoms with E-state index in [0.29, 0.717) is 18.1 Å². The van der Waals surface area contributed by atoms with Crippen LogP contribution in [0, 0.1) is 5.92 Å². The predicted octanol–water partition coefficient (Wildman–Crippen LogP) is 1.75. The van der Waals surface area contributed by atoms with E-state index in [0.717, 1.165) is 52.1 Å². The molecular weight excluding hydrogens is 240 g/mol. The summed E-state index contributed by atoms with van der Waals surface area (Å²) in [6.45, 7) is 9.20. The fraction of sp³-hybridized carbons (Fsp3) is 1.00. The fourth-order valence-electron chi connectivity index (χ4n) is 2.28. The Morgan fingerprint density at radius 1 is 1.26 bits per heavy atom. The molecule has 4 nitrogen and oxygen atoms in total. The Bertz CT molecular complexity index is 222. The Balaban J connectivity index is 1.96. The molecule has 1 saturated heterocycles. The highest BCUT2D eigenvalue weighted by Gasteiger charge is 2.24. The van der Waals surface area contributed by atoms with E-state index in [1.54, 1.807) is 0 Å². The molecule has 0 spiro atoms. The van der Waals surface area contributed by atoms with Crippen LogP contribution in [-0.2, 0) is 9.47 Å². The molecule has 0 aromatic carbocycles. The molecule has 0 aromatic rings. The van der Waals surface area contributed by atoms with Crippen molar-refractivity contribution < 1.29 is 9.47 Å². The molecule has 4 heteroatoms. The first kappa shape index (κ1) is 16.9. The molecule has 1 N–H and O–H groups in total. The first-order valence-electron chi connectivity index (χ1n) is 7.66. The zero-order valence-corrected chi connectivity index (χ0v) is 13.2. The molecule has 19 heavy (non-hydrogen) atoms. The summed E-state index contributed by atoms with van der Waals surface area (Å²) in [5, 5.41) is 3.46. The van der Waals surface area contributed by atoms with Crippen LogP contribution < -0.4 is 5.32 Å². The highest BCUT2D eigenvalue weighted by Crippen LogP contribution is 2.19. The van der Waals surface area contributed by atoms with Crippen LogP contribution in [0.3, 0.4) is 0 Å². The first-order valence-corrected chi connectivity index (χ1v) is 7.66. The standard InChI is InChI=1S/C15H32N2O2/c1-13(2)10-16-11-14-6-7-15(19-14)12-18-9-5-8-17(3)4/h13-16H,5-12H2,1-4H3. The topological polar surface area (TPSA) is 33.7 Å². The van der Waals surface area contributed by atoms with Crippen molar-refractivity contribution in [2.45, 2.75) is 45.3 Å². The van der Waals surface area contributed by atoms with Crippen LogP contribution in [0.1, 0.15) is 33.1 Å². The lowest BCUT2D eigenvalue weighted by atomic mass is 10.2. The van der Waals surface area contributed by atoms with Gasteiger partial charge in [0.15, 0.2) is 0 Å². The minimum Gasteiger partial charge on any atom is -0.379 e. The summed E-state index contributed by atoms with van der Waals surface area (Å²) in [7, 11) is 4.18. The largest absolute Gasteiger partial charge is 0.379 e. The molecule has 0 radical (unpaired) electrons. The Labute approximate surface area is 118 Å². The monoisotopic (exact) mass is 272 g/mol. The smallest absolute Gasteiger partial charge is 0.0813 e. The van der Waals surface area contributed by atoms with E-state index in [4.69, 9.17) is 9.47 Å². The summed E-state index contributed by atoms with van der Waals surface area (Å²) >= 11 is 0. The summed E-state index contributed by atoms with van der Waals surface area (Å²) in [5.41, 5.74) is 0. The zero-order chi connectivity index (χ0) is 14.1. The van der Waals surface area contributed by atoms with Gasteiger partial charge in [0, 0.05) is 13.2 Å². The molecule has 0 aliphatic carbocycles. The highest BCUT2D eigenvalue weighted by atomic mass is 16.5. The maximum atomic E-state index is 5.97. The lowest BCUT2D eigenvalue weighted by Crippen LogP contribution is -2.30. The van der Waals surface area contributed by atoms with E-state index in [2.05, 4.69) is 38.2 Å². The van der Waals surface area contributed by atoms with Crippen molar-refractivity contribution in [3.8, 4) is 0 Å². The normalized spacial score (nSPS) is 23.7. The molecule has 2 unspecified atom stereocenters. The number of nitrogens with one attached hydrogen (secondary N) is 1. The molecule has 1 aliphatic heterocycles. The number of nitrogens with zero attached hydrogens (tertiary/aromatic N) is 1. The van der Waals surface area contributed by atoms with Crippen LogP contribution in [0.4, 0.5) is 0 Å². The molecule has 1 aliphatic rings. The van der Waals surface area contributed by atoms with E-state index in [9.17, 15) is 0 Å². The molecule has 0 aromatic heterocycles. The summed E-state index contributed by atoms with van der Waals surface area (Å²) in [6, 6.07) is 0. The van der Waals surface area contributed by atoms with Gasteiger partial charge >= 0.3 is 0 Å². The lowest BCUT2D eigenvalue weighted by molar-refractivity contribution is -0.0154. The van der Waals surface area contributed by atoms with Crippen molar-refractivity contribution in [2.75, 3.05) is 46.9 Å². The maximum Gasteiger partial charge on any atom is 0.0813 e. The van der Waals surface area contributed by atoms with Gasteiger partial charge in [-0.05, 0) is 52.4 Å². The third kappa shape index (κ3) is 8.58. The van der Waals surface area contributed by atoms with Crippen molar-refractivity contribution in [1.29, 1.82) is 0 Å². The van der Waals surface area contributed by atoms with Gasteiger partial charge in [-0.25, -0.2) is 0 Å². The number of ether oxygens (including phenoxy) is 2. The highest BCUT2D eigenvalue weighted by molar-refractivity contribution is 4.75. The van der Waals surface area contributed by atoms with Gasteiger partial charge in [-0.2, -0.15) is 0 Å². The Morgan fingerprint density at radius 3 is 2.68 bits per heavy atom. The average molecular weight is 272 g/mol. The van der Waals surface area contributed by atoms with E-state index in [-0.39, 0.29) is 0 Å². The SMILES string of the molecule is CC(C)CNCC1CCC(COCCCN(C)C)O1. The molecule has 1 heterocycles. The van der Waals surface area contributed by atoms with Crippen LogP contribution in [0.2, 0.25) is 0 Å². The van der Waals surface area contributed by atoms with E-state index in [1.807, 2.05) is 0 Å². The second kappa shape index (κ2) is 9.70. The molecule has 114 valence electrons. The Morgan fingerprint density at radius 2 is 2.00 bits per heavy atom. The van der Waals surface area contributed by atoms with E-state index >= 15 is 0 Å². The molecular formula is C15H32N2O2. The summed E-state index contributed by atoms with van der Waals surface area (Å²) in [5.74, 6) is 0.706. The average Bonchev–Trinajstić information content (AvgIpc) is 2.76.